The third kappa shape index (κ3) is 6.24. The van der Waals surface area contributed by atoms with Crippen molar-refractivity contribution >= 4 is 11.9 Å². The van der Waals surface area contributed by atoms with Crippen LogP contribution in [0.4, 0.5) is 0 Å². The van der Waals surface area contributed by atoms with Crippen LogP contribution in [0.2, 0.25) is 0 Å². The summed E-state index contributed by atoms with van der Waals surface area (Å²) in [6, 6.07) is 32.5. The van der Waals surface area contributed by atoms with E-state index in [1.54, 1.807) is 18.2 Å². The number of phenolic OH excluding ortho intramolecular Hbond substituents is 1. The number of carbonyl (C=O) groups is 1. The Balaban J connectivity index is 0.000000198. The summed E-state index contributed by atoms with van der Waals surface area (Å²) >= 11 is 0. The molecule has 4 aromatic carbocycles. The molecule has 0 aliphatic rings. The third-order valence-electron chi connectivity index (χ3n) is 4.04. The Bertz CT molecular complexity index is 965. The van der Waals surface area contributed by atoms with E-state index in [2.05, 4.69) is 0 Å². The van der Waals surface area contributed by atoms with E-state index >= 15 is 0 Å². The summed E-state index contributed by atoms with van der Waals surface area (Å²) < 4.78 is 0. The molecule has 4 rings (SSSR count). The molecule has 0 spiro atoms. The van der Waals surface area contributed by atoms with Gasteiger partial charge in [-0.15, -0.1) is 24.3 Å². The van der Waals surface area contributed by atoms with Crippen LogP contribution in [-0.2, 0) is 17.1 Å². The van der Waals surface area contributed by atoms with Gasteiger partial charge in [0.25, 0.3) is 0 Å². The third-order valence-corrected chi connectivity index (χ3v) is 4.04. The van der Waals surface area contributed by atoms with E-state index in [0.717, 1.165) is 16.7 Å². The molecule has 2 nitrogen and oxygen atoms in total. The minimum Gasteiger partial charge on any atom is -0.642 e. The van der Waals surface area contributed by atoms with Crippen LogP contribution in [0, 0.1) is 0 Å². The average Bonchev–Trinajstić information content (AvgIpc) is 3.42. The van der Waals surface area contributed by atoms with Crippen LogP contribution >= 0.6 is 0 Å². The van der Waals surface area contributed by atoms with E-state index in [9.17, 15) is 4.79 Å². The first-order valence-corrected chi connectivity index (χ1v) is 8.73. The largest absolute Gasteiger partial charge is 0.642 e. The fourth-order valence-corrected chi connectivity index (χ4v) is 2.59. The molecule has 0 unspecified atom stereocenters. The van der Waals surface area contributed by atoms with Gasteiger partial charge in [0.2, 0.25) is 0 Å². The molecule has 0 aromatic heterocycles. The van der Waals surface area contributed by atoms with Crippen molar-refractivity contribution in [2.75, 3.05) is 0 Å². The van der Waals surface area contributed by atoms with E-state index in [0.29, 0.717) is 5.75 Å². The molecule has 0 bridgehead atoms. The van der Waals surface area contributed by atoms with Gasteiger partial charge >= 0.3 is 0 Å². The molecule has 28 heavy (non-hydrogen) atoms. The molecule has 0 saturated carbocycles. The van der Waals surface area contributed by atoms with Crippen LogP contribution in [0.15, 0.2) is 109 Å². The van der Waals surface area contributed by atoms with Crippen LogP contribution in [0.25, 0.3) is 17.2 Å². The van der Waals surface area contributed by atoms with E-state index in [1.165, 1.54) is 5.56 Å². The molecule has 0 heterocycles. The molecule has 4 aromatic rings. The first kappa shape index (κ1) is 21.2. The summed E-state index contributed by atoms with van der Waals surface area (Å²) in [6.07, 6.45) is 3.43. The van der Waals surface area contributed by atoms with Crippen molar-refractivity contribution in [3.8, 4) is 16.9 Å². The Morgan fingerprint density at radius 3 is 2.07 bits per heavy atom. The second-order valence-corrected chi connectivity index (χ2v) is 6.00. The van der Waals surface area contributed by atoms with Crippen LogP contribution in [0.1, 0.15) is 15.9 Å². The van der Waals surface area contributed by atoms with Gasteiger partial charge in [0.15, 0.2) is 0 Å². The maximum Gasteiger partial charge on any atom is 0.105 e. The van der Waals surface area contributed by atoms with E-state index < -0.39 is 0 Å². The van der Waals surface area contributed by atoms with Gasteiger partial charge < -0.3 is 57.4 Å². The predicted octanol–water partition coefficient (Wildman–Crippen LogP) is 6.08. The van der Waals surface area contributed by atoms with E-state index in [4.69, 9.17) is 5.11 Å². The minimum absolute atomic E-state index is 0. The van der Waals surface area contributed by atoms with Crippen LogP contribution in [0.3, 0.4) is 0 Å². The summed E-state index contributed by atoms with van der Waals surface area (Å²) in [4.78, 5) is 11.6. The monoisotopic (exact) mass is 408 g/mol. The normalized spacial score (nSPS) is 10.0. The quantitative estimate of drug-likeness (QED) is 0.192. The Morgan fingerprint density at radius 1 is 0.857 bits per heavy atom. The molecule has 0 saturated heterocycles. The van der Waals surface area contributed by atoms with Gasteiger partial charge in [0.1, 0.15) is 5.78 Å². The second-order valence-electron chi connectivity index (χ2n) is 6.00. The Morgan fingerprint density at radius 2 is 1.46 bits per heavy atom. The molecule has 0 amide bonds. The molecule has 146 valence electrons. The number of phenols is 1. The fourth-order valence-electron chi connectivity index (χ4n) is 2.59. The zero-order valence-electron chi connectivity index (χ0n) is 15.2. The molecule has 0 radical (unpaired) electrons. The van der Waals surface area contributed by atoms with E-state index in [1.807, 2.05) is 97.1 Å². The Kier molecular flexibility index (Phi) is 8.23. The molecule has 0 aliphatic heterocycles. The standard InChI is InChI=1S/C14H11O.C11H9O.Fe/c15-14(13-8-4-5-9-13)11-10-12-6-2-1-3-7-12;12-11-7-5-10(6-8-11)9-3-1-2-4-9;/h1-11H;1-8,12H;/q-1;-5;. The molecule has 3 heteroatoms. The maximum atomic E-state index is 11.6. The molecule has 0 aliphatic carbocycles. The van der Waals surface area contributed by atoms with Crippen molar-refractivity contribution in [3.63, 3.8) is 0 Å². The van der Waals surface area contributed by atoms with Gasteiger partial charge in [0.05, 0.1) is 5.75 Å². The van der Waals surface area contributed by atoms with Gasteiger partial charge in [-0.05, 0) is 5.56 Å². The summed E-state index contributed by atoms with van der Waals surface area (Å²) in [7, 11) is 0. The average molecular weight is 408 g/mol. The number of rotatable bonds is 4. The van der Waals surface area contributed by atoms with Crippen molar-refractivity contribution in [2.45, 2.75) is 0 Å². The zero-order chi connectivity index (χ0) is 18.9. The SMILES string of the molecule is O=C(C=Cc1ccccc1)[c-]1cccc1.Oc1ccc(-[c-]2[cH-][cH-][cH-][cH-]2)cc1.[Fe]. The minimum atomic E-state index is 0. The number of benzene rings is 2. The summed E-state index contributed by atoms with van der Waals surface area (Å²) in [5.41, 5.74) is 4.10. The van der Waals surface area contributed by atoms with Crippen molar-refractivity contribution < 1.29 is 27.0 Å². The zero-order valence-corrected chi connectivity index (χ0v) is 16.3. The first-order chi connectivity index (χ1) is 13.2. The number of allylic oxidation sites excluding steroid dienone is 1. The predicted molar refractivity (Wildman–Crippen MR) is 111 cm³/mol. The molecule has 0 fully saturated rings. The summed E-state index contributed by atoms with van der Waals surface area (Å²) in [6.45, 7) is 0. The number of hydrogen-bond donors (Lipinski definition) is 1. The van der Waals surface area contributed by atoms with Crippen LogP contribution < -0.4 is 0 Å². The van der Waals surface area contributed by atoms with Crippen molar-refractivity contribution in [3.05, 3.63) is 120 Å². The van der Waals surface area contributed by atoms with Gasteiger partial charge in [-0.3, -0.25) is 0 Å². The smallest absolute Gasteiger partial charge is 0.105 e. The van der Waals surface area contributed by atoms with Gasteiger partial charge in [0, 0.05) is 17.1 Å². The van der Waals surface area contributed by atoms with E-state index in [-0.39, 0.29) is 22.9 Å². The molecular formula is C25H20FeO2-6. The topological polar surface area (TPSA) is 37.3 Å². The van der Waals surface area contributed by atoms with Gasteiger partial charge in [-0.25, -0.2) is 0 Å². The maximum absolute atomic E-state index is 11.6. The van der Waals surface area contributed by atoms with Crippen molar-refractivity contribution in [1.29, 1.82) is 0 Å². The van der Waals surface area contributed by atoms with Crippen molar-refractivity contribution in [1.82, 2.24) is 0 Å². The number of carbonyl (C=O) groups excluding carboxylic acids is 1. The number of ketones is 1. The molecule has 1 N–H and O–H groups in total. The van der Waals surface area contributed by atoms with Crippen molar-refractivity contribution in [2.24, 2.45) is 0 Å². The Hall–Kier alpha value is -3.13. The molecule has 0 atom stereocenters. The fraction of sp³-hybridized carbons (Fsp3) is 0. The molecular weight excluding hydrogens is 388 g/mol. The van der Waals surface area contributed by atoms with Crippen LogP contribution in [0.5, 0.6) is 5.75 Å². The number of aromatic hydroxyl groups is 1. The summed E-state index contributed by atoms with van der Waals surface area (Å²) in [5, 5.41) is 9.05. The second kappa shape index (κ2) is 10.9. The Labute approximate surface area is 176 Å². The first-order valence-electron chi connectivity index (χ1n) is 8.73. The number of hydrogen-bond acceptors (Lipinski definition) is 2. The van der Waals surface area contributed by atoms with Gasteiger partial charge in [-0.2, -0.15) is 12.1 Å². The van der Waals surface area contributed by atoms with Gasteiger partial charge in [-0.1, -0.05) is 48.0 Å². The van der Waals surface area contributed by atoms with Crippen LogP contribution in [-0.4, -0.2) is 10.9 Å². The summed E-state index contributed by atoms with van der Waals surface area (Å²) in [5.74, 6) is 0.356.